The summed E-state index contributed by atoms with van der Waals surface area (Å²) in [5, 5.41) is 13.2. The van der Waals surface area contributed by atoms with Crippen LogP contribution in [0.5, 0.6) is 0 Å². The standard InChI is InChI=1S/C22H25N5O4S2/c28-22(20-18(9-15-32-20)33(29,30)26-11-13-31-14-12-26)23-17-7-5-16(6-8-17)21-25-24-19-4-2-1-3-10-27(19)21/h5-9,15H,1-4,10-14H2,(H,23,28). The Morgan fingerprint density at radius 3 is 2.58 bits per heavy atom. The van der Waals surface area contributed by atoms with Gasteiger partial charge >= 0.3 is 0 Å². The maximum Gasteiger partial charge on any atom is 0.267 e. The van der Waals surface area contributed by atoms with E-state index in [1.807, 2.05) is 12.1 Å². The summed E-state index contributed by atoms with van der Waals surface area (Å²) in [4.78, 5) is 13.1. The van der Waals surface area contributed by atoms with Crippen LogP contribution < -0.4 is 5.32 Å². The van der Waals surface area contributed by atoms with Crippen LogP contribution in [-0.2, 0) is 27.7 Å². The molecule has 11 heteroatoms. The largest absolute Gasteiger partial charge is 0.379 e. The number of carbonyl (C=O) groups is 1. The van der Waals surface area contributed by atoms with Gasteiger partial charge in [-0.15, -0.1) is 21.5 Å². The van der Waals surface area contributed by atoms with Crippen molar-refractivity contribution >= 4 is 33.0 Å². The van der Waals surface area contributed by atoms with Gasteiger partial charge in [-0.2, -0.15) is 4.31 Å². The molecule has 1 fully saturated rings. The topological polar surface area (TPSA) is 106 Å². The van der Waals surface area contributed by atoms with E-state index in [2.05, 4.69) is 20.1 Å². The number of nitrogens with zero attached hydrogens (tertiary/aromatic N) is 4. The van der Waals surface area contributed by atoms with Crippen LogP contribution in [0.4, 0.5) is 5.69 Å². The molecule has 1 N–H and O–H groups in total. The summed E-state index contributed by atoms with van der Waals surface area (Å²) in [6.07, 6.45) is 4.38. The lowest BCUT2D eigenvalue weighted by atomic mass is 10.2. The van der Waals surface area contributed by atoms with Gasteiger partial charge in [0.05, 0.1) is 13.2 Å². The second kappa shape index (κ2) is 9.34. The zero-order chi connectivity index (χ0) is 22.8. The van der Waals surface area contributed by atoms with Gasteiger partial charge in [0.1, 0.15) is 15.6 Å². The normalized spacial score (nSPS) is 17.3. The first-order valence-electron chi connectivity index (χ1n) is 11.0. The van der Waals surface area contributed by atoms with Gasteiger partial charge in [0.25, 0.3) is 5.91 Å². The van der Waals surface area contributed by atoms with Crippen molar-refractivity contribution in [2.45, 2.75) is 37.1 Å². The molecule has 9 nitrogen and oxygen atoms in total. The number of anilines is 1. The number of hydrogen-bond donors (Lipinski definition) is 1. The number of carbonyl (C=O) groups excluding carboxylic acids is 1. The molecule has 0 spiro atoms. The fourth-order valence-corrected chi connectivity index (χ4v) is 6.89. The summed E-state index contributed by atoms with van der Waals surface area (Å²) < 4.78 is 34.8. The Kier molecular flexibility index (Phi) is 6.28. The van der Waals surface area contributed by atoms with Crippen molar-refractivity contribution in [1.29, 1.82) is 0 Å². The molecule has 1 aromatic carbocycles. The van der Waals surface area contributed by atoms with E-state index in [1.54, 1.807) is 17.5 Å². The molecule has 33 heavy (non-hydrogen) atoms. The number of aryl methyl sites for hydroxylation is 1. The quantitative estimate of drug-likeness (QED) is 0.593. The molecule has 0 radical (unpaired) electrons. The van der Waals surface area contributed by atoms with Crippen molar-refractivity contribution in [2.75, 3.05) is 31.6 Å². The molecule has 4 heterocycles. The molecule has 0 atom stereocenters. The molecule has 3 aromatic rings. The van der Waals surface area contributed by atoms with Gasteiger partial charge in [-0.1, -0.05) is 6.42 Å². The van der Waals surface area contributed by atoms with E-state index < -0.39 is 15.9 Å². The average Bonchev–Trinajstić information content (AvgIpc) is 3.43. The first kappa shape index (κ1) is 22.2. The number of amides is 1. The highest BCUT2D eigenvalue weighted by molar-refractivity contribution is 7.89. The third-order valence-corrected chi connectivity index (χ3v) is 8.92. The molecule has 5 rings (SSSR count). The van der Waals surface area contributed by atoms with Crippen LogP contribution in [0.2, 0.25) is 0 Å². The van der Waals surface area contributed by atoms with Crippen molar-refractivity contribution < 1.29 is 17.9 Å². The van der Waals surface area contributed by atoms with Crippen LogP contribution in [0, 0.1) is 0 Å². The summed E-state index contributed by atoms with van der Waals surface area (Å²) in [5.74, 6) is 1.41. The van der Waals surface area contributed by atoms with E-state index in [1.165, 1.54) is 16.8 Å². The number of rotatable bonds is 5. The number of fused-ring (bicyclic) bond motifs is 1. The molecular formula is C22H25N5O4S2. The van der Waals surface area contributed by atoms with Crippen molar-refractivity contribution in [2.24, 2.45) is 0 Å². The second-order valence-electron chi connectivity index (χ2n) is 8.06. The molecule has 0 bridgehead atoms. The van der Waals surface area contributed by atoms with E-state index in [9.17, 15) is 13.2 Å². The molecule has 174 valence electrons. The Hall–Kier alpha value is -2.60. The molecule has 2 aliphatic rings. The number of sulfonamides is 1. The van der Waals surface area contributed by atoms with Gasteiger partial charge in [0, 0.05) is 37.3 Å². The van der Waals surface area contributed by atoms with Crippen LogP contribution >= 0.6 is 11.3 Å². The van der Waals surface area contributed by atoms with E-state index in [0.717, 1.165) is 54.4 Å². The molecule has 0 unspecified atom stereocenters. The Labute approximate surface area is 196 Å². The fourth-order valence-electron chi connectivity index (χ4n) is 4.18. The second-order valence-corrected chi connectivity index (χ2v) is 10.9. The van der Waals surface area contributed by atoms with Gasteiger partial charge in [0.15, 0.2) is 5.82 Å². The summed E-state index contributed by atoms with van der Waals surface area (Å²) in [5.41, 5.74) is 1.52. The Balaban J connectivity index is 1.33. The van der Waals surface area contributed by atoms with Gasteiger partial charge in [0.2, 0.25) is 10.0 Å². The summed E-state index contributed by atoms with van der Waals surface area (Å²) in [6.45, 7) is 2.19. The smallest absolute Gasteiger partial charge is 0.267 e. The average molecular weight is 488 g/mol. The first-order chi connectivity index (χ1) is 16.0. The highest BCUT2D eigenvalue weighted by Crippen LogP contribution is 2.28. The Morgan fingerprint density at radius 1 is 1.00 bits per heavy atom. The minimum absolute atomic E-state index is 0.0367. The SMILES string of the molecule is O=C(Nc1ccc(-c2nnc3n2CCCCC3)cc1)c1sccc1S(=O)(=O)N1CCOCC1. The number of thiophene rings is 1. The number of benzene rings is 1. The van der Waals surface area contributed by atoms with Gasteiger partial charge < -0.3 is 14.6 Å². The third kappa shape index (κ3) is 4.45. The van der Waals surface area contributed by atoms with Crippen LogP contribution in [0.1, 0.15) is 34.8 Å². The van der Waals surface area contributed by atoms with E-state index in [-0.39, 0.29) is 22.9 Å². The van der Waals surface area contributed by atoms with E-state index in [0.29, 0.717) is 18.9 Å². The minimum atomic E-state index is -3.75. The Morgan fingerprint density at radius 2 is 1.79 bits per heavy atom. The lowest BCUT2D eigenvalue weighted by Crippen LogP contribution is -2.41. The summed E-state index contributed by atoms with van der Waals surface area (Å²) in [6, 6.07) is 8.89. The van der Waals surface area contributed by atoms with Crippen molar-refractivity contribution in [3.63, 3.8) is 0 Å². The Bertz CT molecular complexity index is 1240. The third-order valence-electron chi connectivity index (χ3n) is 5.93. The molecular weight excluding hydrogens is 462 g/mol. The molecule has 0 aliphatic carbocycles. The number of morpholine rings is 1. The van der Waals surface area contributed by atoms with Crippen LogP contribution in [0.25, 0.3) is 11.4 Å². The van der Waals surface area contributed by atoms with Crippen molar-refractivity contribution in [3.05, 3.63) is 46.4 Å². The number of nitrogens with one attached hydrogen (secondary N) is 1. The highest BCUT2D eigenvalue weighted by atomic mass is 32.2. The van der Waals surface area contributed by atoms with E-state index in [4.69, 9.17) is 4.74 Å². The number of aromatic nitrogens is 3. The molecule has 2 aliphatic heterocycles. The van der Waals surface area contributed by atoms with Gasteiger partial charge in [-0.25, -0.2) is 8.42 Å². The molecule has 1 saturated heterocycles. The zero-order valence-corrected chi connectivity index (χ0v) is 19.7. The first-order valence-corrected chi connectivity index (χ1v) is 13.4. The van der Waals surface area contributed by atoms with E-state index >= 15 is 0 Å². The summed E-state index contributed by atoms with van der Waals surface area (Å²) in [7, 11) is -3.75. The van der Waals surface area contributed by atoms with Crippen LogP contribution in [-0.4, -0.2) is 59.7 Å². The maximum absolute atomic E-state index is 13.0. The van der Waals surface area contributed by atoms with Crippen molar-refractivity contribution in [1.82, 2.24) is 19.1 Å². The van der Waals surface area contributed by atoms with Gasteiger partial charge in [-0.05, 0) is 48.6 Å². The number of hydrogen-bond acceptors (Lipinski definition) is 7. The predicted octanol–water partition coefficient (Wildman–Crippen LogP) is 3.01. The minimum Gasteiger partial charge on any atom is -0.379 e. The lowest BCUT2D eigenvalue weighted by Gasteiger charge is -2.26. The maximum atomic E-state index is 13.0. The van der Waals surface area contributed by atoms with Gasteiger partial charge in [-0.3, -0.25) is 4.79 Å². The lowest BCUT2D eigenvalue weighted by molar-refractivity contribution is 0.0730. The monoisotopic (exact) mass is 487 g/mol. The van der Waals surface area contributed by atoms with Crippen LogP contribution in [0.15, 0.2) is 40.6 Å². The highest BCUT2D eigenvalue weighted by Gasteiger charge is 2.31. The molecule has 0 saturated carbocycles. The zero-order valence-electron chi connectivity index (χ0n) is 18.1. The molecule has 2 aromatic heterocycles. The molecule has 1 amide bonds. The van der Waals surface area contributed by atoms with Crippen molar-refractivity contribution in [3.8, 4) is 11.4 Å². The number of ether oxygens (including phenoxy) is 1. The van der Waals surface area contributed by atoms with Crippen LogP contribution in [0.3, 0.4) is 0 Å². The predicted molar refractivity (Wildman–Crippen MR) is 125 cm³/mol. The fraction of sp³-hybridized carbons (Fsp3) is 0.409. The summed E-state index contributed by atoms with van der Waals surface area (Å²) >= 11 is 1.12.